The molecule has 0 bridgehead atoms. The van der Waals surface area contributed by atoms with Crippen LogP contribution in [0.25, 0.3) is 0 Å². The van der Waals surface area contributed by atoms with Crippen molar-refractivity contribution >= 4 is 5.91 Å². The lowest BCUT2D eigenvalue weighted by molar-refractivity contribution is -0.132. The molecule has 0 saturated carbocycles. The van der Waals surface area contributed by atoms with Crippen LogP contribution < -0.4 is 0 Å². The molecule has 126 valence electrons. The van der Waals surface area contributed by atoms with Gasteiger partial charge in [-0.2, -0.15) is 0 Å². The number of rotatable bonds is 6. The third kappa shape index (κ3) is 5.40. The fraction of sp³-hybridized carbons (Fsp3) is 0.833. The van der Waals surface area contributed by atoms with Crippen molar-refractivity contribution in [1.82, 2.24) is 14.7 Å². The molecule has 1 unspecified atom stereocenters. The summed E-state index contributed by atoms with van der Waals surface area (Å²) in [5.74, 6) is 1.13. The Kier molecular flexibility index (Phi) is 7.40. The third-order valence-electron chi connectivity index (χ3n) is 5.05. The predicted octanol–water partition coefficient (Wildman–Crippen LogP) is 2.22. The number of amides is 1. The zero-order chi connectivity index (χ0) is 15.8. The zero-order valence-electron chi connectivity index (χ0n) is 14.5. The van der Waals surface area contributed by atoms with Crippen LogP contribution in [-0.4, -0.2) is 73.0 Å². The van der Waals surface area contributed by atoms with Gasteiger partial charge in [-0.15, -0.1) is 0 Å². The number of hydrogen-bond donors (Lipinski definition) is 0. The minimum atomic E-state index is 0.288. The lowest BCUT2D eigenvalue weighted by atomic mass is 9.94. The van der Waals surface area contributed by atoms with E-state index < -0.39 is 0 Å². The average molecular weight is 307 g/mol. The van der Waals surface area contributed by atoms with Crippen molar-refractivity contribution < 1.29 is 4.79 Å². The number of carbonyl (C=O) groups excluding carboxylic acids is 1. The topological polar surface area (TPSA) is 26.8 Å². The van der Waals surface area contributed by atoms with Crippen LogP contribution in [0.4, 0.5) is 0 Å². The number of hydrogen-bond acceptors (Lipinski definition) is 3. The van der Waals surface area contributed by atoms with Gasteiger partial charge in [0.25, 0.3) is 0 Å². The highest BCUT2D eigenvalue weighted by atomic mass is 16.2. The van der Waals surface area contributed by atoms with E-state index in [4.69, 9.17) is 0 Å². The van der Waals surface area contributed by atoms with E-state index in [0.717, 1.165) is 38.6 Å². The van der Waals surface area contributed by atoms with Crippen molar-refractivity contribution in [2.75, 3.05) is 52.4 Å². The molecule has 0 N–H and O–H groups in total. The lowest BCUT2D eigenvalue weighted by Gasteiger charge is -2.27. The van der Waals surface area contributed by atoms with Gasteiger partial charge in [0.2, 0.25) is 5.91 Å². The van der Waals surface area contributed by atoms with E-state index in [1.165, 1.54) is 38.8 Å². The highest BCUT2D eigenvalue weighted by Gasteiger charge is 2.21. The Labute approximate surface area is 136 Å². The molecule has 1 atom stereocenters. The summed E-state index contributed by atoms with van der Waals surface area (Å²) in [5.41, 5.74) is 0. The van der Waals surface area contributed by atoms with Gasteiger partial charge in [0.05, 0.1) is 6.54 Å². The predicted molar refractivity (Wildman–Crippen MR) is 91.9 cm³/mol. The van der Waals surface area contributed by atoms with E-state index >= 15 is 0 Å². The van der Waals surface area contributed by atoms with Crippen molar-refractivity contribution in [3.05, 3.63) is 12.2 Å². The maximum Gasteiger partial charge on any atom is 0.236 e. The van der Waals surface area contributed by atoms with Crippen LogP contribution in [0.2, 0.25) is 0 Å². The first-order chi connectivity index (χ1) is 10.7. The minimum Gasteiger partial charge on any atom is -0.342 e. The summed E-state index contributed by atoms with van der Waals surface area (Å²) < 4.78 is 0. The van der Waals surface area contributed by atoms with Crippen LogP contribution in [0, 0.1) is 5.92 Å². The van der Waals surface area contributed by atoms with Crippen LogP contribution in [0.5, 0.6) is 0 Å². The monoisotopic (exact) mass is 307 g/mol. The van der Waals surface area contributed by atoms with E-state index in [-0.39, 0.29) is 5.91 Å². The minimum absolute atomic E-state index is 0.288. The van der Waals surface area contributed by atoms with Gasteiger partial charge < -0.3 is 9.80 Å². The Morgan fingerprint density at radius 2 is 1.82 bits per heavy atom. The van der Waals surface area contributed by atoms with Gasteiger partial charge in [0, 0.05) is 32.7 Å². The maximum atomic E-state index is 12.2. The molecule has 0 aromatic rings. The summed E-state index contributed by atoms with van der Waals surface area (Å²) in [6, 6.07) is 0. The summed E-state index contributed by atoms with van der Waals surface area (Å²) in [4.78, 5) is 19.2. The van der Waals surface area contributed by atoms with Gasteiger partial charge in [-0.3, -0.25) is 9.69 Å². The van der Waals surface area contributed by atoms with E-state index in [9.17, 15) is 4.79 Å². The molecular weight excluding hydrogens is 274 g/mol. The van der Waals surface area contributed by atoms with Gasteiger partial charge in [0.15, 0.2) is 0 Å². The molecule has 0 aromatic heterocycles. The first kappa shape index (κ1) is 17.5. The first-order valence-electron chi connectivity index (χ1n) is 9.10. The first-order valence-corrected chi connectivity index (χ1v) is 9.10. The fourth-order valence-electron chi connectivity index (χ4n) is 3.62. The molecule has 1 aliphatic heterocycles. The van der Waals surface area contributed by atoms with Gasteiger partial charge in [0.1, 0.15) is 0 Å². The molecule has 4 nitrogen and oxygen atoms in total. The van der Waals surface area contributed by atoms with Gasteiger partial charge >= 0.3 is 0 Å². The number of carbonyl (C=O) groups is 1. The van der Waals surface area contributed by atoms with Crippen LogP contribution in [0.3, 0.4) is 0 Å². The number of likely N-dealkylation sites (N-methyl/N-ethyl adjacent to an activating group) is 1. The Morgan fingerprint density at radius 3 is 2.50 bits per heavy atom. The Hall–Kier alpha value is -0.870. The summed E-state index contributed by atoms with van der Waals surface area (Å²) in [7, 11) is 0. The van der Waals surface area contributed by atoms with Crippen LogP contribution in [0.1, 0.15) is 39.5 Å². The van der Waals surface area contributed by atoms with Gasteiger partial charge in [-0.1, -0.05) is 12.2 Å². The molecule has 0 radical (unpaired) electrons. The third-order valence-corrected chi connectivity index (χ3v) is 5.05. The summed E-state index contributed by atoms with van der Waals surface area (Å²) >= 11 is 0. The second kappa shape index (κ2) is 9.31. The van der Waals surface area contributed by atoms with E-state index in [0.29, 0.717) is 6.54 Å². The van der Waals surface area contributed by atoms with Gasteiger partial charge in [-0.05, 0) is 58.5 Å². The molecule has 1 amide bonds. The number of allylic oxidation sites excluding steroid dienone is 2. The van der Waals surface area contributed by atoms with Gasteiger partial charge in [-0.25, -0.2) is 0 Å². The van der Waals surface area contributed by atoms with E-state index in [1.807, 2.05) is 4.90 Å². The maximum absolute atomic E-state index is 12.2. The van der Waals surface area contributed by atoms with E-state index in [2.05, 4.69) is 35.8 Å². The van der Waals surface area contributed by atoms with Crippen molar-refractivity contribution in [2.45, 2.75) is 39.5 Å². The average Bonchev–Trinajstić information content (AvgIpc) is 2.75. The molecular formula is C18H33N3O. The molecule has 4 heteroatoms. The van der Waals surface area contributed by atoms with Crippen LogP contribution >= 0.6 is 0 Å². The van der Waals surface area contributed by atoms with Crippen molar-refractivity contribution in [1.29, 1.82) is 0 Å². The zero-order valence-corrected chi connectivity index (χ0v) is 14.5. The molecule has 1 saturated heterocycles. The second-order valence-corrected chi connectivity index (χ2v) is 6.65. The molecule has 0 aromatic carbocycles. The molecule has 22 heavy (non-hydrogen) atoms. The van der Waals surface area contributed by atoms with Crippen molar-refractivity contribution in [3.63, 3.8) is 0 Å². The number of nitrogens with zero attached hydrogens (tertiary/aromatic N) is 3. The summed E-state index contributed by atoms with van der Waals surface area (Å²) in [5, 5.41) is 0. The molecule has 1 aliphatic carbocycles. The molecule has 2 rings (SSSR count). The standard InChI is InChI=1S/C18H33N3O/c1-3-21(4-2)18(22)16-20-12-8-11-19(13-14-20)15-17-9-6-5-7-10-17/h5-6,17H,3-4,7-16H2,1-2H3. The largest absolute Gasteiger partial charge is 0.342 e. The molecule has 2 aliphatic rings. The quantitative estimate of drug-likeness (QED) is 0.704. The summed E-state index contributed by atoms with van der Waals surface area (Å²) in [6.45, 7) is 12.0. The second-order valence-electron chi connectivity index (χ2n) is 6.65. The van der Waals surface area contributed by atoms with Crippen molar-refractivity contribution in [2.24, 2.45) is 5.92 Å². The highest BCUT2D eigenvalue weighted by molar-refractivity contribution is 5.78. The SMILES string of the molecule is CCN(CC)C(=O)CN1CCCN(CC2CC=CCC2)CC1. The Morgan fingerprint density at radius 1 is 1.09 bits per heavy atom. The highest BCUT2D eigenvalue weighted by Crippen LogP contribution is 2.20. The summed E-state index contributed by atoms with van der Waals surface area (Å²) in [6.07, 6.45) is 9.70. The van der Waals surface area contributed by atoms with Crippen molar-refractivity contribution in [3.8, 4) is 0 Å². The van der Waals surface area contributed by atoms with Crippen LogP contribution in [-0.2, 0) is 4.79 Å². The smallest absolute Gasteiger partial charge is 0.236 e. The Bertz CT molecular complexity index is 365. The van der Waals surface area contributed by atoms with E-state index in [1.54, 1.807) is 0 Å². The lowest BCUT2D eigenvalue weighted by Crippen LogP contribution is -2.41. The molecule has 1 fully saturated rings. The molecule has 0 spiro atoms. The van der Waals surface area contributed by atoms with Crippen LogP contribution in [0.15, 0.2) is 12.2 Å². The fourth-order valence-corrected chi connectivity index (χ4v) is 3.62. The normalized spacial score (nSPS) is 24.2. The molecule has 1 heterocycles. The Balaban J connectivity index is 1.74.